The summed E-state index contributed by atoms with van der Waals surface area (Å²) in [4.78, 5) is 20.0. The van der Waals surface area contributed by atoms with Gasteiger partial charge in [-0.15, -0.1) is 0 Å². The van der Waals surface area contributed by atoms with Gasteiger partial charge in [0, 0.05) is 19.1 Å². The van der Waals surface area contributed by atoms with Crippen molar-refractivity contribution in [1.29, 1.82) is 0 Å². The monoisotopic (exact) mass is 255 g/mol. The van der Waals surface area contributed by atoms with E-state index in [4.69, 9.17) is 0 Å². The van der Waals surface area contributed by atoms with Gasteiger partial charge in [-0.05, 0) is 25.9 Å². The predicted octanol–water partition coefficient (Wildman–Crippen LogP) is 2.06. The minimum Gasteiger partial charge on any atom is -0.359 e. The van der Waals surface area contributed by atoms with Crippen LogP contribution in [0.4, 0.5) is 4.79 Å². The molecule has 0 aromatic heterocycles. The van der Waals surface area contributed by atoms with Crippen molar-refractivity contribution in [3.63, 3.8) is 0 Å². The Morgan fingerprint density at radius 3 is 2.47 bits per heavy atom. The smallest absolute Gasteiger partial charge is 0.306 e. The molecule has 0 aromatic carbocycles. The molecule has 0 aromatic rings. The third-order valence-electron chi connectivity index (χ3n) is 3.70. The van der Waals surface area contributed by atoms with E-state index < -0.39 is 0 Å². The molecule has 0 saturated carbocycles. The first-order valence-electron chi connectivity index (χ1n) is 6.48. The first-order chi connectivity index (χ1) is 8.24. The maximum Gasteiger partial charge on any atom is 0.306 e. The van der Waals surface area contributed by atoms with Crippen LogP contribution in [0.3, 0.4) is 0 Å². The SMILES string of the molecule is CCN(CC)C1CCN(C2=NC(=O)SC2)CC1. The minimum atomic E-state index is -0.0223. The van der Waals surface area contributed by atoms with Gasteiger partial charge >= 0.3 is 5.24 Å². The quantitative estimate of drug-likeness (QED) is 0.773. The molecule has 0 N–H and O–H groups in total. The fraction of sp³-hybridized carbons (Fsp3) is 0.833. The van der Waals surface area contributed by atoms with E-state index in [1.165, 1.54) is 24.6 Å². The number of amides is 1. The second-order valence-corrected chi connectivity index (χ2v) is 5.45. The van der Waals surface area contributed by atoms with Gasteiger partial charge < -0.3 is 9.80 Å². The van der Waals surface area contributed by atoms with Crippen LogP contribution in [0.15, 0.2) is 4.99 Å². The third kappa shape index (κ3) is 3.01. The van der Waals surface area contributed by atoms with Crippen molar-refractivity contribution in [2.75, 3.05) is 31.9 Å². The summed E-state index contributed by atoms with van der Waals surface area (Å²) in [7, 11) is 0. The first kappa shape index (κ1) is 12.9. The zero-order chi connectivity index (χ0) is 12.3. The van der Waals surface area contributed by atoms with Gasteiger partial charge in [0.15, 0.2) is 0 Å². The summed E-state index contributed by atoms with van der Waals surface area (Å²) in [6, 6.07) is 0.714. The van der Waals surface area contributed by atoms with E-state index in [0.29, 0.717) is 6.04 Å². The Kier molecular flexibility index (Phi) is 4.45. The number of amidine groups is 1. The Morgan fingerprint density at radius 1 is 1.35 bits per heavy atom. The van der Waals surface area contributed by atoms with E-state index in [1.54, 1.807) is 0 Å². The molecule has 5 heteroatoms. The highest BCUT2D eigenvalue weighted by Crippen LogP contribution is 2.21. The lowest BCUT2D eigenvalue weighted by Gasteiger charge is -2.38. The minimum absolute atomic E-state index is 0.0223. The summed E-state index contributed by atoms with van der Waals surface area (Å²) in [5.74, 6) is 1.77. The van der Waals surface area contributed by atoms with Gasteiger partial charge in [-0.3, -0.25) is 4.79 Å². The highest BCUT2D eigenvalue weighted by atomic mass is 32.2. The van der Waals surface area contributed by atoms with Crippen molar-refractivity contribution in [1.82, 2.24) is 9.80 Å². The summed E-state index contributed by atoms with van der Waals surface area (Å²) in [6.07, 6.45) is 2.39. The van der Waals surface area contributed by atoms with Crippen LogP contribution in [-0.4, -0.2) is 58.8 Å². The van der Waals surface area contributed by atoms with E-state index in [1.807, 2.05) is 0 Å². The highest BCUT2D eigenvalue weighted by molar-refractivity contribution is 8.14. The molecule has 1 amide bonds. The van der Waals surface area contributed by atoms with Crippen molar-refractivity contribution in [2.24, 2.45) is 4.99 Å². The third-order valence-corrected chi connectivity index (χ3v) is 4.44. The average molecular weight is 255 g/mol. The van der Waals surface area contributed by atoms with Crippen LogP contribution in [0.5, 0.6) is 0 Å². The van der Waals surface area contributed by atoms with E-state index in [2.05, 4.69) is 28.6 Å². The molecule has 96 valence electrons. The zero-order valence-corrected chi connectivity index (χ0v) is 11.5. The van der Waals surface area contributed by atoms with Gasteiger partial charge in [0.25, 0.3) is 0 Å². The first-order valence-corrected chi connectivity index (χ1v) is 7.46. The molecule has 0 radical (unpaired) electrons. The molecule has 0 unspecified atom stereocenters. The number of piperidine rings is 1. The molecule has 0 bridgehead atoms. The summed E-state index contributed by atoms with van der Waals surface area (Å²) >= 11 is 1.32. The molecule has 0 spiro atoms. The van der Waals surface area contributed by atoms with Gasteiger partial charge in [-0.2, -0.15) is 4.99 Å². The second kappa shape index (κ2) is 5.87. The number of hydrogen-bond donors (Lipinski definition) is 0. The van der Waals surface area contributed by atoms with Crippen molar-refractivity contribution in [3.8, 4) is 0 Å². The standard InChI is InChI=1S/C12H21N3OS/c1-3-14(4-2)10-5-7-15(8-6-10)11-9-17-12(16)13-11/h10H,3-9H2,1-2H3. The van der Waals surface area contributed by atoms with E-state index >= 15 is 0 Å². The maximum absolute atomic E-state index is 11.1. The highest BCUT2D eigenvalue weighted by Gasteiger charge is 2.27. The number of hydrogen-bond acceptors (Lipinski definition) is 4. The summed E-state index contributed by atoms with van der Waals surface area (Å²) in [6.45, 7) is 8.83. The Labute approximate surface area is 107 Å². The van der Waals surface area contributed by atoms with Gasteiger partial charge in [-0.1, -0.05) is 25.6 Å². The van der Waals surface area contributed by atoms with Gasteiger partial charge in [0.2, 0.25) is 0 Å². The second-order valence-electron chi connectivity index (χ2n) is 4.52. The normalized spacial score (nSPS) is 22.4. The fourth-order valence-corrected chi connectivity index (χ4v) is 3.36. The number of likely N-dealkylation sites (tertiary alicyclic amines) is 1. The Hall–Kier alpha value is -0.550. The molecule has 2 rings (SSSR count). The van der Waals surface area contributed by atoms with Crippen molar-refractivity contribution < 1.29 is 4.79 Å². The van der Waals surface area contributed by atoms with Crippen LogP contribution in [-0.2, 0) is 0 Å². The topological polar surface area (TPSA) is 35.9 Å². The zero-order valence-electron chi connectivity index (χ0n) is 10.7. The molecule has 17 heavy (non-hydrogen) atoms. The van der Waals surface area contributed by atoms with E-state index in [9.17, 15) is 4.79 Å². The van der Waals surface area contributed by atoms with Crippen molar-refractivity contribution >= 4 is 22.8 Å². The largest absolute Gasteiger partial charge is 0.359 e. The number of aliphatic imine (C=N–C) groups is 1. The molecule has 2 aliphatic rings. The molecular weight excluding hydrogens is 234 g/mol. The lowest BCUT2D eigenvalue weighted by atomic mass is 10.0. The number of rotatable bonds is 3. The van der Waals surface area contributed by atoms with Crippen LogP contribution >= 0.6 is 11.8 Å². The molecule has 1 fully saturated rings. The average Bonchev–Trinajstić information content (AvgIpc) is 2.78. The van der Waals surface area contributed by atoms with Gasteiger partial charge in [0.1, 0.15) is 5.84 Å². The molecule has 2 heterocycles. The predicted molar refractivity (Wildman–Crippen MR) is 72.8 cm³/mol. The number of thioether (sulfide) groups is 1. The number of nitrogens with zero attached hydrogens (tertiary/aromatic N) is 3. The fourth-order valence-electron chi connectivity index (χ4n) is 2.69. The lowest BCUT2D eigenvalue weighted by Crippen LogP contribution is -2.46. The molecular formula is C12H21N3OS. The van der Waals surface area contributed by atoms with Crippen LogP contribution in [0.1, 0.15) is 26.7 Å². The lowest BCUT2D eigenvalue weighted by molar-refractivity contribution is 0.148. The summed E-state index contributed by atoms with van der Waals surface area (Å²) in [5.41, 5.74) is 0. The summed E-state index contributed by atoms with van der Waals surface area (Å²) in [5, 5.41) is -0.0223. The van der Waals surface area contributed by atoms with Crippen LogP contribution in [0.2, 0.25) is 0 Å². The van der Waals surface area contributed by atoms with E-state index in [0.717, 1.165) is 37.8 Å². The van der Waals surface area contributed by atoms with Crippen LogP contribution in [0, 0.1) is 0 Å². The van der Waals surface area contributed by atoms with Crippen molar-refractivity contribution in [2.45, 2.75) is 32.7 Å². The van der Waals surface area contributed by atoms with Crippen LogP contribution < -0.4 is 0 Å². The number of carbonyl (C=O) groups excluding carboxylic acids is 1. The molecule has 1 saturated heterocycles. The van der Waals surface area contributed by atoms with Gasteiger partial charge in [0.05, 0.1) is 5.75 Å². The Bertz CT molecular complexity index is 307. The van der Waals surface area contributed by atoms with Crippen LogP contribution in [0.25, 0.3) is 0 Å². The summed E-state index contributed by atoms with van der Waals surface area (Å²) < 4.78 is 0. The molecule has 0 atom stereocenters. The molecule has 2 aliphatic heterocycles. The Morgan fingerprint density at radius 2 is 2.00 bits per heavy atom. The van der Waals surface area contributed by atoms with Gasteiger partial charge in [-0.25, -0.2) is 0 Å². The number of carbonyl (C=O) groups is 1. The molecule has 0 aliphatic carbocycles. The van der Waals surface area contributed by atoms with Crippen molar-refractivity contribution in [3.05, 3.63) is 0 Å². The van der Waals surface area contributed by atoms with E-state index in [-0.39, 0.29) is 5.24 Å². The molecule has 4 nitrogen and oxygen atoms in total. The Balaban J connectivity index is 1.86. The maximum atomic E-state index is 11.1.